The number of β-amino-alcohol motifs (C(OH)–C–C–N with tert-alkyl or cyclic N) is 1. The Labute approximate surface area is 216 Å². The standard InChI is InChI=1S/C28H33N3O4S/c1-17-9-10-18(2)20(15-17)30-25(34)23-28-12-11-27(3,36-28)21(22(28)26(35)31(23)13-14-32)24(33)29-16-19-7-5-4-6-8-19/h4-10,15,21-23,32H,11-14,16H2,1-3H3,(H,29,33)(H,30,34)/t21-,22-,23?,27+,28?/m0/s1. The molecule has 3 heterocycles. The van der Waals surface area contributed by atoms with Crippen LogP contribution in [0.15, 0.2) is 48.5 Å². The molecule has 3 aliphatic heterocycles. The number of rotatable bonds is 7. The summed E-state index contributed by atoms with van der Waals surface area (Å²) in [4.78, 5) is 42.7. The largest absolute Gasteiger partial charge is 0.395 e. The molecule has 3 N–H and O–H groups in total. The van der Waals surface area contributed by atoms with Gasteiger partial charge in [-0.1, -0.05) is 42.5 Å². The number of nitrogens with zero attached hydrogens (tertiary/aromatic N) is 1. The van der Waals surface area contributed by atoms with Crippen molar-refractivity contribution in [3.63, 3.8) is 0 Å². The van der Waals surface area contributed by atoms with Gasteiger partial charge in [0.2, 0.25) is 17.7 Å². The number of hydrogen-bond acceptors (Lipinski definition) is 5. The summed E-state index contributed by atoms with van der Waals surface area (Å²) < 4.78 is -1.12. The van der Waals surface area contributed by atoms with Gasteiger partial charge in [-0.15, -0.1) is 11.8 Å². The number of likely N-dealkylation sites (tertiary alicyclic amines) is 1. The fourth-order valence-electron chi connectivity index (χ4n) is 6.44. The van der Waals surface area contributed by atoms with E-state index in [2.05, 4.69) is 17.6 Å². The van der Waals surface area contributed by atoms with Gasteiger partial charge in [-0.3, -0.25) is 14.4 Å². The van der Waals surface area contributed by atoms with Gasteiger partial charge >= 0.3 is 0 Å². The predicted octanol–water partition coefficient (Wildman–Crippen LogP) is 3.03. The number of carbonyl (C=O) groups excluding carboxylic acids is 3. The fourth-order valence-corrected chi connectivity index (χ4v) is 8.80. The van der Waals surface area contributed by atoms with Crippen molar-refractivity contribution in [1.82, 2.24) is 10.2 Å². The molecule has 7 nitrogen and oxygen atoms in total. The van der Waals surface area contributed by atoms with Gasteiger partial charge < -0.3 is 20.6 Å². The molecule has 3 aliphatic rings. The molecular weight excluding hydrogens is 474 g/mol. The van der Waals surface area contributed by atoms with Crippen molar-refractivity contribution >= 4 is 35.2 Å². The van der Waals surface area contributed by atoms with Gasteiger partial charge in [0.15, 0.2) is 0 Å². The van der Waals surface area contributed by atoms with Crippen molar-refractivity contribution < 1.29 is 19.5 Å². The first-order valence-corrected chi connectivity index (χ1v) is 13.3. The molecule has 1 spiro atoms. The third-order valence-electron chi connectivity index (χ3n) is 8.11. The quantitative estimate of drug-likeness (QED) is 0.535. The number of aliphatic hydroxyl groups is 1. The molecule has 0 aromatic heterocycles. The number of carbonyl (C=O) groups is 3. The van der Waals surface area contributed by atoms with Crippen molar-refractivity contribution in [2.75, 3.05) is 18.5 Å². The monoisotopic (exact) mass is 507 g/mol. The van der Waals surface area contributed by atoms with Gasteiger partial charge in [-0.25, -0.2) is 0 Å². The summed E-state index contributed by atoms with van der Waals surface area (Å²) in [7, 11) is 0. The summed E-state index contributed by atoms with van der Waals surface area (Å²) in [5.74, 6) is -1.74. The van der Waals surface area contributed by atoms with E-state index < -0.39 is 27.4 Å². The van der Waals surface area contributed by atoms with Crippen LogP contribution in [0.1, 0.15) is 36.5 Å². The Morgan fingerprint density at radius 1 is 1.11 bits per heavy atom. The van der Waals surface area contributed by atoms with E-state index in [1.165, 1.54) is 4.90 Å². The maximum atomic E-state index is 13.8. The smallest absolute Gasteiger partial charge is 0.248 e. The topological polar surface area (TPSA) is 98.7 Å². The second kappa shape index (κ2) is 9.23. The van der Waals surface area contributed by atoms with E-state index in [4.69, 9.17) is 0 Å². The van der Waals surface area contributed by atoms with Crippen LogP contribution in [0.5, 0.6) is 0 Å². The van der Waals surface area contributed by atoms with Crippen LogP contribution in [-0.2, 0) is 20.9 Å². The van der Waals surface area contributed by atoms with Gasteiger partial charge in [0, 0.05) is 23.5 Å². The zero-order chi connectivity index (χ0) is 25.7. The minimum atomic E-state index is -0.749. The molecule has 3 fully saturated rings. The van der Waals surface area contributed by atoms with Crippen LogP contribution in [0.2, 0.25) is 0 Å². The summed E-state index contributed by atoms with van der Waals surface area (Å²) >= 11 is 1.63. The van der Waals surface area contributed by atoms with Gasteiger partial charge in [0.05, 0.1) is 23.2 Å². The Morgan fingerprint density at radius 3 is 2.58 bits per heavy atom. The number of amides is 3. The molecule has 0 aliphatic carbocycles. The van der Waals surface area contributed by atoms with Crippen LogP contribution >= 0.6 is 11.8 Å². The fraction of sp³-hybridized carbons (Fsp3) is 0.464. The van der Waals surface area contributed by atoms with Crippen LogP contribution in [0, 0.1) is 25.7 Å². The summed E-state index contributed by atoms with van der Waals surface area (Å²) in [5, 5.41) is 15.9. The second-order valence-corrected chi connectivity index (χ2v) is 12.4. The first-order valence-electron chi connectivity index (χ1n) is 12.5. The Morgan fingerprint density at radius 2 is 1.86 bits per heavy atom. The molecule has 0 radical (unpaired) electrons. The number of nitrogens with one attached hydrogen (secondary N) is 2. The molecule has 0 saturated carbocycles. The number of aryl methyl sites for hydroxylation is 2. The molecule has 5 atom stereocenters. The van der Waals surface area contributed by atoms with E-state index >= 15 is 0 Å². The number of anilines is 1. The Balaban J connectivity index is 1.45. The van der Waals surface area contributed by atoms with E-state index in [9.17, 15) is 19.5 Å². The predicted molar refractivity (Wildman–Crippen MR) is 140 cm³/mol. The molecule has 2 bridgehead atoms. The third kappa shape index (κ3) is 3.91. The highest BCUT2D eigenvalue weighted by Gasteiger charge is 2.77. The molecule has 5 rings (SSSR count). The highest BCUT2D eigenvalue weighted by molar-refractivity contribution is 8.02. The number of fused-ring (bicyclic) bond motifs is 1. The van der Waals surface area contributed by atoms with Crippen molar-refractivity contribution in [2.45, 2.75) is 55.7 Å². The van der Waals surface area contributed by atoms with E-state index in [0.29, 0.717) is 13.0 Å². The lowest BCUT2D eigenvalue weighted by atomic mass is 9.66. The first-order chi connectivity index (χ1) is 17.2. The molecule has 2 aromatic carbocycles. The molecule has 3 amide bonds. The number of aliphatic hydroxyl groups excluding tert-OH is 1. The van der Waals surface area contributed by atoms with Crippen LogP contribution in [0.3, 0.4) is 0 Å². The van der Waals surface area contributed by atoms with Crippen LogP contribution < -0.4 is 10.6 Å². The van der Waals surface area contributed by atoms with Crippen LogP contribution in [0.4, 0.5) is 5.69 Å². The third-order valence-corrected chi connectivity index (χ3v) is 10.1. The molecular formula is C28H33N3O4S. The molecule has 2 unspecified atom stereocenters. The van der Waals surface area contributed by atoms with E-state index in [-0.39, 0.29) is 30.9 Å². The van der Waals surface area contributed by atoms with Gasteiger partial charge in [0.1, 0.15) is 6.04 Å². The SMILES string of the molecule is Cc1ccc(C)c(NC(=O)C2N(CCO)C(=O)[C@@H]3[C@@H](C(=O)NCc4ccccc4)[C@@]4(C)CCC23S4)c1. The lowest BCUT2D eigenvalue weighted by Gasteiger charge is -2.35. The van der Waals surface area contributed by atoms with Gasteiger partial charge in [-0.2, -0.15) is 0 Å². The maximum Gasteiger partial charge on any atom is 0.248 e. The van der Waals surface area contributed by atoms with Crippen molar-refractivity contribution in [2.24, 2.45) is 11.8 Å². The minimum Gasteiger partial charge on any atom is -0.395 e. The normalized spacial score (nSPS) is 30.4. The summed E-state index contributed by atoms with van der Waals surface area (Å²) in [5.41, 5.74) is 3.68. The Kier molecular flexibility index (Phi) is 6.37. The zero-order valence-electron chi connectivity index (χ0n) is 20.9. The first kappa shape index (κ1) is 24.8. The molecule has 2 aromatic rings. The lowest BCUT2D eigenvalue weighted by molar-refractivity contribution is -0.140. The van der Waals surface area contributed by atoms with Crippen molar-refractivity contribution in [1.29, 1.82) is 0 Å². The maximum absolute atomic E-state index is 13.8. The van der Waals surface area contributed by atoms with E-state index in [1.54, 1.807) is 11.8 Å². The van der Waals surface area contributed by atoms with Gasteiger partial charge in [-0.05, 0) is 56.4 Å². The molecule has 8 heteroatoms. The average molecular weight is 508 g/mol. The molecule has 3 saturated heterocycles. The summed E-state index contributed by atoms with van der Waals surface area (Å²) in [6.07, 6.45) is 1.44. The van der Waals surface area contributed by atoms with Crippen molar-refractivity contribution in [3.8, 4) is 0 Å². The number of thioether (sulfide) groups is 1. The van der Waals surface area contributed by atoms with E-state index in [1.807, 2.05) is 62.4 Å². The lowest BCUT2D eigenvalue weighted by Crippen LogP contribution is -2.52. The number of benzene rings is 2. The average Bonchev–Trinajstić information content (AvgIpc) is 3.42. The second-order valence-electron chi connectivity index (χ2n) is 10.5. The number of hydrogen-bond donors (Lipinski definition) is 3. The molecule has 36 heavy (non-hydrogen) atoms. The summed E-state index contributed by atoms with van der Waals surface area (Å²) in [6.45, 7) is 6.18. The summed E-state index contributed by atoms with van der Waals surface area (Å²) in [6, 6.07) is 14.8. The van der Waals surface area contributed by atoms with Gasteiger partial charge in [0.25, 0.3) is 0 Å². The highest BCUT2D eigenvalue weighted by Crippen LogP contribution is 2.71. The van der Waals surface area contributed by atoms with Crippen LogP contribution in [-0.4, -0.2) is 56.4 Å². The highest BCUT2D eigenvalue weighted by atomic mass is 32.2. The molecule has 190 valence electrons. The Hall–Kier alpha value is -2.84. The minimum absolute atomic E-state index is 0.0671. The van der Waals surface area contributed by atoms with Crippen LogP contribution in [0.25, 0.3) is 0 Å². The van der Waals surface area contributed by atoms with E-state index in [0.717, 1.165) is 28.8 Å². The van der Waals surface area contributed by atoms with Crippen molar-refractivity contribution in [3.05, 3.63) is 65.2 Å². The zero-order valence-corrected chi connectivity index (χ0v) is 21.7. The Bertz CT molecular complexity index is 1200.